The number of benzene rings is 1. The van der Waals surface area contributed by atoms with Crippen molar-refractivity contribution in [3.05, 3.63) is 35.4 Å². The molecular weight excluding hydrogens is 286 g/mol. The lowest BCUT2D eigenvalue weighted by molar-refractivity contribution is 0.341. The second-order valence-corrected chi connectivity index (χ2v) is 7.45. The van der Waals surface area contributed by atoms with E-state index in [-0.39, 0.29) is 11.8 Å². The van der Waals surface area contributed by atoms with E-state index in [2.05, 4.69) is 5.32 Å². The summed E-state index contributed by atoms with van der Waals surface area (Å²) < 4.78 is 26.6. The number of hydrogen-bond donors (Lipinski definition) is 1. The van der Waals surface area contributed by atoms with Crippen molar-refractivity contribution >= 4 is 10.0 Å². The summed E-state index contributed by atoms with van der Waals surface area (Å²) in [7, 11) is -1.69. The Morgan fingerprint density at radius 1 is 1.38 bits per heavy atom. The molecule has 0 amide bonds. The van der Waals surface area contributed by atoms with Gasteiger partial charge in [-0.05, 0) is 50.0 Å². The summed E-state index contributed by atoms with van der Waals surface area (Å²) in [5.41, 5.74) is 1.15. The first-order valence-electron chi connectivity index (χ1n) is 7.18. The van der Waals surface area contributed by atoms with Crippen LogP contribution in [0, 0.1) is 11.3 Å². The Kier molecular flexibility index (Phi) is 5.34. The summed E-state index contributed by atoms with van der Waals surface area (Å²) >= 11 is 0. The summed E-state index contributed by atoms with van der Waals surface area (Å²) in [6.07, 6.45) is 2.73. The Balaban J connectivity index is 2.11. The minimum Gasteiger partial charge on any atom is -0.317 e. The number of hydrogen-bond acceptors (Lipinski definition) is 4. The van der Waals surface area contributed by atoms with Gasteiger partial charge in [0.05, 0.1) is 17.4 Å². The molecular formula is C15H21N3O2S. The normalized spacial score (nSPS) is 20.0. The van der Waals surface area contributed by atoms with Gasteiger partial charge < -0.3 is 5.32 Å². The van der Waals surface area contributed by atoms with E-state index in [1.54, 1.807) is 31.3 Å². The average molecular weight is 307 g/mol. The number of nitriles is 1. The zero-order valence-electron chi connectivity index (χ0n) is 12.2. The van der Waals surface area contributed by atoms with Gasteiger partial charge in [0.2, 0.25) is 10.0 Å². The van der Waals surface area contributed by atoms with Crippen LogP contribution in [-0.4, -0.2) is 38.9 Å². The molecule has 1 N–H and O–H groups in total. The lowest BCUT2D eigenvalue weighted by atomic mass is 10.1. The number of nitrogens with one attached hydrogen (secondary N) is 1. The van der Waals surface area contributed by atoms with E-state index in [9.17, 15) is 8.42 Å². The monoisotopic (exact) mass is 307 g/mol. The van der Waals surface area contributed by atoms with Crippen LogP contribution in [0.5, 0.6) is 0 Å². The van der Waals surface area contributed by atoms with Crippen molar-refractivity contribution < 1.29 is 8.42 Å². The first-order valence-corrected chi connectivity index (χ1v) is 8.79. The van der Waals surface area contributed by atoms with Crippen molar-refractivity contribution in [2.24, 2.45) is 0 Å². The summed E-state index contributed by atoms with van der Waals surface area (Å²) in [6.45, 7) is 1.81. The Morgan fingerprint density at radius 2 is 2.19 bits per heavy atom. The van der Waals surface area contributed by atoms with Crippen molar-refractivity contribution in [3.63, 3.8) is 0 Å². The molecule has 2 rings (SSSR count). The van der Waals surface area contributed by atoms with Crippen LogP contribution >= 0.6 is 0 Å². The van der Waals surface area contributed by atoms with Crippen LogP contribution in [0.15, 0.2) is 24.3 Å². The van der Waals surface area contributed by atoms with Gasteiger partial charge in [-0.15, -0.1) is 0 Å². The van der Waals surface area contributed by atoms with Crippen molar-refractivity contribution in [3.8, 4) is 6.07 Å². The molecule has 1 aromatic rings. The molecule has 0 aromatic heterocycles. The maximum Gasteiger partial charge on any atom is 0.218 e. The maximum absolute atomic E-state index is 12.5. The summed E-state index contributed by atoms with van der Waals surface area (Å²) in [5, 5.41) is 12.2. The molecule has 0 bridgehead atoms. The summed E-state index contributed by atoms with van der Waals surface area (Å²) in [6, 6.07) is 8.89. The first-order chi connectivity index (χ1) is 10.0. The topological polar surface area (TPSA) is 73.2 Å². The quantitative estimate of drug-likeness (QED) is 0.914. The van der Waals surface area contributed by atoms with Crippen LogP contribution < -0.4 is 5.32 Å². The van der Waals surface area contributed by atoms with Crippen molar-refractivity contribution in [1.82, 2.24) is 9.62 Å². The molecule has 1 fully saturated rings. The molecule has 21 heavy (non-hydrogen) atoms. The third kappa shape index (κ3) is 4.27. The molecule has 1 heterocycles. The van der Waals surface area contributed by atoms with Crippen LogP contribution in [-0.2, 0) is 15.8 Å². The smallest absolute Gasteiger partial charge is 0.218 e. The van der Waals surface area contributed by atoms with Gasteiger partial charge in [0.25, 0.3) is 0 Å². The highest BCUT2D eigenvalue weighted by Crippen LogP contribution is 2.18. The predicted molar refractivity (Wildman–Crippen MR) is 82.1 cm³/mol. The number of nitrogens with zero attached hydrogens (tertiary/aromatic N) is 2. The third-order valence-corrected chi connectivity index (χ3v) is 5.78. The van der Waals surface area contributed by atoms with Gasteiger partial charge in [-0.3, -0.25) is 0 Å². The van der Waals surface area contributed by atoms with Crippen LogP contribution in [0.3, 0.4) is 0 Å². The molecule has 1 aliphatic rings. The number of sulfonamides is 1. The van der Waals surface area contributed by atoms with Crippen molar-refractivity contribution in [2.75, 3.05) is 20.1 Å². The Hall–Kier alpha value is -1.42. The minimum absolute atomic E-state index is 0.0526. The second kappa shape index (κ2) is 7.03. The zero-order valence-corrected chi connectivity index (χ0v) is 13.1. The molecule has 1 atom stereocenters. The SMILES string of the molecule is CN(C1CCCNCC1)S(=O)(=O)Cc1cccc(C#N)c1. The summed E-state index contributed by atoms with van der Waals surface area (Å²) in [4.78, 5) is 0. The van der Waals surface area contributed by atoms with E-state index in [1.807, 2.05) is 6.07 Å². The first kappa shape index (κ1) is 16.0. The van der Waals surface area contributed by atoms with Crippen molar-refractivity contribution in [1.29, 1.82) is 5.26 Å². The molecule has 6 heteroatoms. The predicted octanol–water partition coefficient (Wildman–Crippen LogP) is 1.46. The van der Waals surface area contributed by atoms with Crippen LogP contribution in [0.4, 0.5) is 0 Å². The molecule has 0 radical (unpaired) electrons. The molecule has 1 aromatic carbocycles. The zero-order chi connectivity index (χ0) is 15.3. The second-order valence-electron chi connectivity index (χ2n) is 5.42. The lowest BCUT2D eigenvalue weighted by Crippen LogP contribution is -2.38. The fraction of sp³-hybridized carbons (Fsp3) is 0.533. The van der Waals surface area contributed by atoms with E-state index in [0.29, 0.717) is 11.1 Å². The highest BCUT2D eigenvalue weighted by atomic mass is 32.2. The van der Waals surface area contributed by atoms with Gasteiger partial charge in [0.1, 0.15) is 0 Å². The van der Waals surface area contributed by atoms with Gasteiger partial charge in [0, 0.05) is 13.1 Å². The Bertz CT molecular complexity index is 614. The van der Waals surface area contributed by atoms with Crippen LogP contribution in [0.1, 0.15) is 30.4 Å². The van der Waals surface area contributed by atoms with Crippen molar-refractivity contribution in [2.45, 2.75) is 31.1 Å². The molecule has 1 saturated heterocycles. The van der Waals surface area contributed by atoms with E-state index in [0.717, 1.165) is 32.4 Å². The molecule has 1 aliphatic heterocycles. The Morgan fingerprint density at radius 3 is 2.95 bits per heavy atom. The molecule has 5 nitrogen and oxygen atoms in total. The number of rotatable bonds is 4. The minimum atomic E-state index is -3.36. The summed E-state index contributed by atoms with van der Waals surface area (Å²) in [5.74, 6) is -0.0526. The standard InChI is InChI=1S/C15H21N3O2S/c1-18(15-6-3-8-17-9-7-15)21(19,20)12-14-5-2-4-13(10-14)11-16/h2,4-5,10,15,17H,3,6-9,12H2,1H3. The van der Waals surface area contributed by atoms with Crippen LogP contribution in [0.25, 0.3) is 0 Å². The molecule has 1 unspecified atom stereocenters. The fourth-order valence-corrected chi connectivity index (χ4v) is 4.10. The largest absolute Gasteiger partial charge is 0.317 e. The fourth-order valence-electron chi connectivity index (χ4n) is 2.63. The van der Waals surface area contributed by atoms with Gasteiger partial charge in [-0.2, -0.15) is 5.26 Å². The van der Waals surface area contributed by atoms with E-state index < -0.39 is 10.0 Å². The van der Waals surface area contributed by atoms with E-state index in [4.69, 9.17) is 5.26 Å². The highest BCUT2D eigenvalue weighted by molar-refractivity contribution is 7.88. The average Bonchev–Trinajstić information content (AvgIpc) is 2.75. The van der Waals surface area contributed by atoms with Gasteiger partial charge in [-0.1, -0.05) is 12.1 Å². The van der Waals surface area contributed by atoms with Gasteiger partial charge >= 0.3 is 0 Å². The van der Waals surface area contributed by atoms with Crippen LogP contribution in [0.2, 0.25) is 0 Å². The molecule has 0 saturated carbocycles. The molecule has 0 aliphatic carbocycles. The maximum atomic E-state index is 12.5. The third-order valence-electron chi connectivity index (χ3n) is 3.90. The molecule has 114 valence electrons. The van der Waals surface area contributed by atoms with E-state index in [1.165, 1.54) is 4.31 Å². The lowest BCUT2D eigenvalue weighted by Gasteiger charge is -2.26. The van der Waals surface area contributed by atoms with Gasteiger partial charge in [-0.25, -0.2) is 12.7 Å². The van der Waals surface area contributed by atoms with Gasteiger partial charge in [0.15, 0.2) is 0 Å². The van der Waals surface area contributed by atoms with E-state index >= 15 is 0 Å². The Labute approximate surface area is 126 Å². The highest BCUT2D eigenvalue weighted by Gasteiger charge is 2.27. The molecule has 0 spiro atoms.